The van der Waals surface area contributed by atoms with E-state index in [1.54, 1.807) is 12.2 Å². The summed E-state index contributed by atoms with van der Waals surface area (Å²) < 4.78 is 36.1. The third-order valence-electron chi connectivity index (χ3n) is 1.47. The first kappa shape index (κ1) is 7.38. The largest absolute Gasteiger partial charge is 0.272 e. The van der Waals surface area contributed by atoms with Crippen molar-refractivity contribution in [1.29, 1.82) is 0 Å². The fourth-order valence-corrected chi connectivity index (χ4v) is 0.892. The van der Waals surface area contributed by atoms with E-state index in [1.807, 2.05) is 0 Å². The molecule has 0 aromatic carbocycles. The van der Waals surface area contributed by atoms with Crippen LogP contribution >= 0.6 is 0 Å². The number of alkyl halides is 1. The van der Waals surface area contributed by atoms with Crippen LogP contribution < -0.4 is 0 Å². The summed E-state index contributed by atoms with van der Waals surface area (Å²) in [7, 11) is 0. The molecule has 3 heteroatoms. The first-order valence-corrected chi connectivity index (χ1v) is 3.05. The van der Waals surface area contributed by atoms with Crippen molar-refractivity contribution in [2.24, 2.45) is 0 Å². The van der Waals surface area contributed by atoms with Crippen LogP contribution in [-0.2, 0) is 0 Å². The van der Waals surface area contributed by atoms with Gasteiger partial charge in [-0.3, -0.25) is 0 Å². The Labute approximate surface area is 57.0 Å². The van der Waals surface area contributed by atoms with Gasteiger partial charge in [-0.2, -0.15) is 8.78 Å². The summed E-state index contributed by atoms with van der Waals surface area (Å²) in [6.45, 7) is 0. The fourth-order valence-electron chi connectivity index (χ4n) is 0.892. The molecule has 10 heavy (non-hydrogen) atoms. The van der Waals surface area contributed by atoms with Gasteiger partial charge in [0.25, 0.3) is 6.08 Å². The van der Waals surface area contributed by atoms with Crippen LogP contribution in [0.4, 0.5) is 13.2 Å². The molecule has 0 N–H and O–H groups in total. The minimum Gasteiger partial charge on any atom is -0.242 e. The van der Waals surface area contributed by atoms with Gasteiger partial charge >= 0.3 is 0 Å². The van der Waals surface area contributed by atoms with Crippen molar-refractivity contribution in [2.75, 3.05) is 0 Å². The van der Waals surface area contributed by atoms with Crippen molar-refractivity contribution in [2.45, 2.75) is 19.0 Å². The van der Waals surface area contributed by atoms with E-state index in [4.69, 9.17) is 0 Å². The van der Waals surface area contributed by atoms with Gasteiger partial charge in [0, 0.05) is 12.0 Å². The monoisotopic (exact) mass is 148 g/mol. The number of hydrogen-bond acceptors (Lipinski definition) is 0. The summed E-state index contributed by atoms with van der Waals surface area (Å²) in [4.78, 5) is 0. The van der Waals surface area contributed by atoms with Gasteiger partial charge in [-0.05, 0) is 6.42 Å². The highest BCUT2D eigenvalue weighted by Crippen LogP contribution is 2.25. The van der Waals surface area contributed by atoms with Gasteiger partial charge in [0.1, 0.15) is 6.17 Å². The van der Waals surface area contributed by atoms with Crippen LogP contribution in [0.25, 0.3) is 0 Å². The summed E-state index contributed by atoms with van der Waals surface area (Å²) in [5, 5.41) is 0. The van der Waals surface area contributed by atoms with Crippen LogP contribution in [0, 0.1) is 0 Å². The Balaban J connectivity index is 2.78. The summed E-state index contributed by atoms with van der Waals surface area (Å²) in [5.74, 6) is 0. The molecule has 1 aliphatic carbocycles. The molecule has 1 rings (SSSR count). The number of allylic oxidation sites excluding steroid dienone is 3. The van der Waals surface area contributed by atoms with Crippen LogP contribution in [0.2, 0.25) is 0 Å². The predicted octanol–water partition coefficient (Wildman–Crippen LogP) is 2.83. The predicted molar refractivity (Wildman–Crippen MR) is 32.5 cm³/mol. The van der Waals surface area contributed by atoms with Crippen LogP contribution in [-0.4, -0.2) is 6.17 Å². The first-order chi connectivity index (χ1) is 4.72. The molecule has 1 unspecified atom stereocenters. The lowest BCUT2D eigenvalue weighted by molar-refractivity contribution is 0.331. The van der Waals surface area contributed by atoms with Gasteiger partial charge in [0.15, 0.2) is 0 Å². The van der Waals surface area contributed by atoms with Crippen molar-refractivity contribution in [3.63, 3.8) is 0 Å². The highest BCUT2D eigenvalue weighted by Gasteiger charge is 2.18. The Morgan fingerprint density at radius 3 is 2.50 bits per heavy atom. The number of rotatable bonds is 0. The van der Waals surface area contributed by atoms with Crippen molar-refractivity contribution < 1.29 is 13.2 Å². The second-order valence-corrected chi connectivity index (χ2v) is 2.16. The number of hydrogen-bond donors (Lipinski definition) is 0. The fraction of sp³-hybridized carbons (Fsp3) is 0.429. The zero-order valence-electron chi connectivity index (χ0n) is 5.28. The topological polar surface area (TPSA) is 0 Å². The van der Waals surface area contributed by atoms with Gasteiger partial charge in [0.2, 0.25) is 0 Å². The molecule has 0 aromatic heterocycles. The van der Waals surface area contributed by atoms with E-state index < -0.39 is 12.3 Å². The molecule has 0 saturated heterocycles. The minimum absolute atomic E-state index is 0.0590. The van der Waals surface area contributed by atoms with Crippen LogP contribution in [0.3, 0.4) is 0 Å². The van der Waals surface area contributed by atoms with Gasteiger partial charge in [0.05, 0.1) is 0 Å². The maximum atomic E-state index is 12.5. The van der Waals surface area contributed by atoms with Gasteiger partial charge in [-0.15, -0.1) is 0 Å². The van der Waals surface area contributed by atoms with Crippen LogP contribution in [0.5, 0.6) is 0 Å². The summed E-state index contributed by atoms with van der Waals surface area (Å²) in [6.07, 6.45) is -0.0375. The molecule has 0 nitrogen and oxygen atoms in total. The Morgan fingerprint density at radius 2 is 2.10 bits per heavy atom. The Bertz CT molecular complexity index is 177. The Morgan fingerprint density at radius 1 is 1.40 bits per heavy atom. The summed E-state index contributed by atoms with van der Waals surface area (Å²) in [6, 6.07) is 0. The maximum Gasteiger partial charge on any atom is 0.272 e. The van der Waals surface area contributed by atoms with E-state index in [9.17, 15) is 13.2 Å². The first-order valence-electron chi connectivity index (χ1n) is 3.05. The molecule has 0 aliphatic heterocycles. The summed E-state index contributed by atoms with van der Waals surface area (Å²) >= 11 is 0. The van der Waals surface area contributed by atoms with E-state index in [0.29, 0.717) is 0 Å². The normalized spacial score (nSPS) is 25.1. The third kappa shape index (κ3) is 1.40. The van der Waals surface area contributed by atoms with Crippen LogP contribution in [0.15, 0.2) is 23.8 Å². The lowest BCUT2D eigenvalue weighted by Crippen LogP contribution is -2.07. The smallest absolute Gasteiger partial charge is 0.242 e. The average Bonchev–Trinajstić information content (AvgIpc) is 1.88. The Kier molecular flexibility index (Phi) is 2.14. The van der Waals surface area contributed by atoms with E-state index in [-0.39, 0.29) is 18.4 Å². The quantitative estimate of drug-likeness (QED) is 0.463. The van der Waals surface area contributed by atoms with Crippen molar-refractivity contribution in [3.05, 3.63) is 23.8 Å². The average molecular weight is 148 g/mol. The minimum atomic E-state index is -1.86. The van der Waals surface area contributed by atoms with E-state index in [2.05, 4.69) is 0 Å². The molecule has 1 atom stereocenters. The third-order valence-corrected chi connectivity index (χ3v) is 1.47. The SMILES string of the molecule is FC(F)=C1CC=CCC1F. The second kappa shape index (κ2) is 2.90. The maximum absolute atomic E-state index is 12.5. The van der Waals surface area contributed by atoms with Crippen LogP contribution in [0.1, 0.15) is 12.8 Å². The van der Waals surface area contributed by atoms with E-state index in [0.717, 1.165) is 0 Å². The van der Waals surface area contributed by atoms with Crippen molar-refractivity contribution in [3.8, 4) is 0 Å². The molecule has 0 bridgehead atoms. The molecule has 0 heterocycles. The lowest BCUT2D eigenvalue weighted by atomic mass is 10.0. The van der Waals surface area contributed by atoms with E-state index in [1.165, 1.54) is 0 Å². The molecule has 0 spiro atoms. The second-order valence-electron chi connectivity index (χ2n) is 2.16. The lowest BCUT2D eigenvalue weighted by Gasteiger charge is -2.11. The Hall–Kier alpha value is -0.730. The highest BCUT2D eigenvalue weighted by molar-refractivity contribution is 5.18. The zero-order valence-corrected chi connectivity index (χ0v) is 5.28. The van der Waals surface area contributed by atoms with Gasteiger partial charge in [-0.1, -0.05) is 12.2 Å². The molecule has 0 radical (unpaired) electrons. The van der Waals surface area contributed by atoms with Crippen molar-refractivity contribution >= 4 is 0 Å². The molecule has 56 valence electrons. The standard InChI is InChI=1S/C7H7F3/c8-6-4-2-1-3-5(6)7(9)10/h1-2,6H,3-4H2. The molecular weight excluding hydrogens is 141 g/mol. The highest BCUT2D eigenvalue weighted by atomic mass is 19.3. The molecule has 0 saturated carbocycles. The molecular formula is C7H7F3. The summed E-state index contributed by atoms with van der Waals surface area (Å²) in [5.41, 5.74) is -0.359. The molecule has 0 fully saturated rings. The van der Waals surface area contributed by atoms with E-state index >= 15 is 0 Å². The zero-order chi connectivity index (χ0) is 7.56. The molecule has 0 amide bonds. The molecule has 1 aliphatic rings. The molecule has 0 aromatic rings. The number of halogens is 3. The van der Waals surface area contributed by atoms with Gasteiger partial charge in [-0.25, -0.2) is 4.39 Å². The van der Waals surface area contributed by atoms with Crippen molar-refractivity contribution in [1.82, 2.24) is 0 Å². The van der Waals surface area contributed by atoms with Gasteiger partial charge < -0.3 is 0 Å².